The van der Waals surface area contributed by atoms with E-state index in [9.17, 15) is 24.3 Å². The van der Waals surface area contributed by atoms with Gasteiger partial charge in [0.25, 0.3) is 11.1 Å². The van der Waals surface area contributed by atoms with Crippen molar-refractivity contribution in [3.8, 4) is 22.5 Å². The van der Waals surface area contributed by atoms with Crippen molar-refractivity contribution in [2.45, 2.75) is 40.8 Å². The van der Waals surface area contributed by atoms with E-state index in [1.807, 2.05) is 73.7 Å². The Hall–Kier alpha value is -7.19. The van der Waals surface area contributed by atoms with Crippen molar-refractivity contribution in [2.75, 3.05) is 17.2 Å². The van der Waals surface area contributed by atoms with Crippen molar-refractivity contribution < 1.29 is 14.7 Å². The number of fused-ring (bicyclic) bond motifs is 1. The molecule has 5 aromatic heterocycles. The van der Waals surface area contributed by atoms with Gasteiger partial charge in [-0.05, 0) is 52.0 Å². The zero-order valence-corrected chi connectivity index (χ0v) is 31.2. The zero-order valence-electron chi connectivity index (χ0n) is 31.2. The third-order valence-corrected chi connectivity index (χ3v) is 8.81. The Labute approximate surface area is 321 Å². The molecule has 0 saturated carbocycles. The maximum Gasteiger partial charge on any atom is 0.291 e. The number of aliphatic hydroxyl groups is 1. The number of nitrogens with one attached hydrogen (secondary N) is 2. The maximum absolute atomic E-state index is 13.1. The number of benzene rings is 2. The molecule has 7 rings (SSSR count). The average molecular weight is 750 g/mol. The van der Waals surface area contributed by atoms with Crippen molar-refractivity contribution >= 4 is 45.3 Å². The van der Waals surface area contributed by atoms with Gasteiger partial charge in [-0.1, -0.05) is 66.7 Å². The number of rotatable bonds is 11. The van der Waals surface area contributed by atoms with E-state index in [0.717, 1.165) is 10.9 Å². The molecule has 0 fully saturated rings. The van der Waals surface area contributed by atoms with Crippen LogP contribution in [0.25, 0.3) is 33.4 Å². The highest BCUT2D eigenvalue weighted by atomic mass is 16.3. The van der Waals surface area contributed by atoms with Crippen molar-refractivity contribution in [1.29, 1.82) is 0 Å². The number of nitrogens with zero attached hydrogens (tertiary/aromatic N) is 7. The van der Waals surface area contributed by atoms with E-state index >= 15 is 0 Å². The third-order valence-electron chi connectivity index (χ3n) is 8.81. The smallest absolute Gasteiger partial charge is 0.291 e. The summed E-state index contributed by atoms with van der Waals surface area (Å²) in [6.45, 7) is 6.85. The second kappa shape index (κ2) is 17.3. The molecule has 0 unspecified atom stereocenters. The number of aromatic nitrogens is 7. The van der Waals surface area contributed by atoms with E-state index in [0.29, 0.717) is 52.8 Å². The van der Waals surface area contributed by atoms with Crippen LogP contribution >= 0.6 is 0 Å². The molecule has 0 aliphatic carbocycles. The zero-order chi connectivity index (χ0) is 39.8. The van der Waals surface area contributed by atoms with Crippen LogP contribution in [0.4, 0.5) is 22.9 Å². The average Bonchev–Trinajstić information content (AvgIpc) is 3.23. The predicted octanol–water partition coefficient (Wildman–Crippen LogP) is 6.37. The number of pyridine rings is 3. The minimum Gasteiger partial charge on any atom is -0.388 e. The molecule has 14 heteroatoms. The second-order valence-electron chi connectivity index (χ2n) is 12.4. The fourth-order valence-electron chi connectivity index (χ4n) is 6.06. The van der Waals surface area contributed by atoms with Gasteiger partial charge in [0.15, 0.2) is 17.4 Å². The van der Waals surface area contributed by atoms with Crippen LogP contribution in [0.5, 0.6) is 0 Å². The molecule has 0 radical (unpaired) electrons. The first kappa shape index (κ1) is 38.5. The summed E-state index contributed by atoms with van der Waals surface area (Å²) in [7, 11) is 0. The summed E-state index contributed by atoms with van der Waals surface area (Å²) in [5, 5.41) is 25.3. The molecule has 0 atom stereocenters. The van der Waals surface area contributed by atoms with Crippen molar-refractivity contribution in [2.24, 2.45) is 0 Å². The van der Waals surface area contributed by atoms with Crippen LogP contribution in [0.2, 0.25) is 0 Å². The van der Waals surface area contributed by atoms with E-state index in [4.69, 9.17) is 0 Å². The molecule has 56 heavy (non-hydrogen) atoms. The van der Waals surface area contributed by atoms with E-state index in [-0.39, 0.29) is 33.8 Å². The van der Waals surface area contributed by atoms with E-state index < -0.39 is 17.9 Å². The van der Waals surface area contributed by atoms with Crippen molar-refractivity contribution in [3.63, 3.8) is 0 Å². The Morgan fingerprint density at radius 1 is 0.661 bits per heavy atom. The van der Waals surface area contributed by atoms with Gasteiger partial charge < -0.3 is 15.7 Å². The third kappa shape index (κ3) is 8.00. The van der Waals surface area contributed by atoms with Gasteiger partial charge in [-0.25, -0.2) is 14.3 Å². The predicted molar refractivity (Wildman–Crippen MR) is 216 cm³/mol. The normalized spacial score (nSPS) is 10.7. The summed E-state index contributed by atoms with van der Waals surface area (Å²) >= 11 is 0. The molecule has 0 aliphatic heterocycles. The van der Waals surface area contributed by atoms with Gasteiger partial charge in [-0.3, -0.25) is 29.1 Å². The Morgan fingerprint density at radius 3 is 1.77 bits per heavy atom. The van der Waals surface area contributed by atoms with Crippen LogP contribution in [0.15, 0.2) is 119 Å². The quantitative estimate of drug-likeness (QED) is 0.124. The molecular weight excluding hydrogens is 711 g/mol. The molecule has 7 aromatic rings. The van der Waals surface area contributed by atoms with Crippen LogP contribution in [0, 0.1) is 6.92 Å². The molecule has 5 heterocycles. The fourth-order valence-corrected chi connectivity index (χ4v) is 6.06. The molecular formula is C42H39N9O5. The van der Waals surface area contributed by atoms with Crippen LogP contribution in [0.1, 0.15) is 47.2 Å². The Kier molecular flexibility index (Phi) is 11.9. The number of carbonyl (C=O) groups excluding carboxylic acids is 2. The number of hydrogen-bond donors (Lipinski definition) is 3. The number of Topliss-reactive ketones (excluding diaryl/α,β-unsaturated/α-hetero) is 2. The van der Waals surface area contributed by atoms with Crippen LogP contribution in [-0.2, 0) is 13.1 Å². The lowest BCUT2D eigenvalue weighted by atomic mass is 10.0. The number of ketones is 2. The Balaban J connectivity index is 0.000000190. The second-order valence-corrected chi connectivity index (χ2v) is 12.4. The first-order chi connectivity index (χ1) is 27.2. The highest BCUT2D eigenvalue weighted by Gasteiger charge is 2.25. The Bertz CT molecular complexity index is 2660. The van der Waals surface area contributed by atoms with Gasteiger partial charge in [0, 0.05) is 48.2 Å². The summed E-state index contributed by atoms with van der Waals surface area (Å²) < 4.78 is 2.64. The van der Waals surface area contributed by atoms with Gasteiger partial charge in [-0.15, -0.1) is 0 Å². The summed E-state index contributed by atoms with van der Waals surface area (Å²) in [5.41, 5.74) is 3.87. The fraction of sp³-hybridized carbons (Fsp3) is 0.167. The number of carbonyl (C=O) groups is 2. The summed E-state index contributed by atoms with van der Waals surface area (Å²) in [6, 6.07) is 27.5. The Morgan fingerprint density at radius 2 is 1.21 bits per heavy atom. The van der Waals surface area contributed by atoms with Crippen LogP contribution < -0.4 is 21.8 Å². The lowest BCUT2D eigenvalue weighted by Gasteiger charge is -2.17. The van der Waals surface area contributed by atoms with Gasteiger partial charge >= 0.3 is 0 Å². The van der Waals surface area contributed by atoms with E-state index in [2.05, 4.69) is 35.8 Å². The highest BCUT2D eigenvalue weighted by molar-refractivity contribution is 6.07. The van der Waals surface area contributed by atoms with Crippen LogP contribution in [0.3, 0.4) is 0 Å². The topological polar surface area (TPSA) is 187 Å². The summed E-state index contributed by atoms with van der Waals surface area (Å²) in [4.78, 5) is 64.1. The maximum atomic E-state index is 13.1. The van der Waals surface area contributed by atoms with Crippen molar-refractivity contribution in [3.05, 3.63) is 147 Å². The molecule has 282 valence electrons. The van der Waals surface area contributed by atoms with Crippen LogP contribution in [-0.4, -0.2) is 57.8 Å². The largest absolute Gasteiger partial charge is 0.388 e. The lowest BCUT2D eigenvalue weighted by Crippen LogP contribution is -2.29. The summed E-state index contributed by atoms with van der Waals surface area (Å²) in [6.07, 6.45) is 4.94. The monoisotopic (exact) mass is 749 g/mol. The summed E-state index contributed by atoms with van der Waals surface area (Å²) in [5.74, 6) is -0.422. The standard InChI is InChI=1S/C22H19N5O2.C20H20N4O3/c1-3-27-22(29)20(25-21-19-16(11-13-24-21)10-7-12-23-19)17(14(2)28)18(26-27)15-8-5-4-6-9-15;1-3-24-20(27)19(22-15-10-7-11-21-13(15)2)17(16(26)12-25)18(23-24)14-8-5-4-6-9-14/h4-13H,3H2,1-2H3,(H,24,25);4-11,22,25H,3,12H2,1-2H3. The first-order valence-corrected chi connectivity index (χ1v) is 17.9. The molecule has 0 spiro atoms. The molecule has 2 aromatic carbocycles. The number of hydrogen-bond acceptors (Lipinski definition) is 12. The molecule has 3 N–H and O–H groups in total. The number of aliphatic hydroxyl groups excluding tert-OH is 1. The van der Waals surface area contributed by atoms with Gasteiger partial charge in [-0.2, -0.15) is 10.2 Å². The van der Waals surface area contributed by atoms with E-state index in [1.54, 1.807) is 56.7 Å². The minimum absolute atomic E-state index is 0.0710. The van der Waals surface area contributed by atoms with Crippen molar-refractivity contribution in [1.82, 2.24) is 34.5 Å². The first-order valence-electron chi connectivity index (χ1n) is 17.9. The highest BCUT2D eigenvalue weighted by Crippen LogP contribution is 2.30. The minimum atomic E-state index is -0.724. The molecule has 14 nitrogen and oxygen atoms in total. The lowest BCUT2D eigenvalue weighted by molar-refractivity contribution is 0.0904. The molecule has 0 bridgehead atoms. The molecule has 0 amide bonds. The number of anilines is 4. The van der Waals surface area contributed by atoms with E-state index in [1.165, 1.54) is 16.3 Å². The molecule has 0 aliphatic rings. The van der Waals surface area contributed by atoms with Gasteiger partial charge in [0.05, 0.1) is 22.5 Å². The number of aryl methyl sites for hydroxylation is 3. The SMILES string of the molecule is CCn1nc(-c2ccccc2)c(C(=O)CO)c(Nc2cccnc2C)c1=O.CCn1nc(-c2ccccc2)c(C(C)=O)c(Nc2nccc3cccnc23)c1=O. The molecule has 0 saturated heterocycles. The van der Waals surface area contributed by atoms with Gasteiger partial charge in [0.2, 0.25) is 0 Å². The van der Waals surface area contributed by atoms with Gasteiger partial charge in [0.1, 0.15) is 34.9 Å².